The van der Waals surface area contributed by atoms with Gasteiger partial charge in [0.1, 0.15) is 18.1 Å². The zero-order valence-electron chi connectivity index (χ0n) is 13.8. The van der Waals surface area contributed by atoms with Crippen LogP contribution in [0.15, 0.2) is 0 Å². The fourth-order valence-corrected chi connectivity index (χ4v) is 1.87. The molecule has 0 fully saturated rings. The van der Waals surface area contributed by atoms with Gasteiger partial charge in [-0.25, -0.2) is 4.79 Å². The highest BCUT2D eigenvalue weighted by molar-refractivity contribution is 7.80. The van der Waals surface area contributed by atoms with Gasteiger partial charge in [0.2, 0.25) is 17.7 Å². The largest absolute Gasteiger partial charge is 0.481 e. The van der Waals surface area contributed by atoms with E-state index < -0.39 is 66.9 Å². The van der Waals surface area contributed by atoms with E-state index in [1.165, 1.54) is 6.92 Å². The Hall–Kier alpha value is -2.38. The molecule has 0 aliphatic carbocycles. The normalized spacial score (nSPS) is 15.1. The number of nitrogens with two attached hydrogens (primary N) is 1. The third-order valence-corrected chi connectivity index (χ3v) is 3.40. The molecule has 0 aromatic heterocycles. The van der Waals surface area contributed by atoms with Gasteiger partial charge >= 0.3 is 11.9 Å². The Labute approximate surface area is 153 Å². The minimum absolute atomic E-state index is 0.254. The van der Waals surface area contributed by atoms with E-state index in [-0.39, 0.29) is 5.75 Å². The van der Waals surface area contributed by atoms with Crippen molar-refractivity contribution >= 4 is 42.3 Å². The number of carbonyl (C=O) groups is 5. The van der Waals surface area contributed by atoms with Gasteiger partial charge in [-0.05, 0) is 6.92 Å². The van der Waals surface area contributed by atoms with Crippen molar-refractivity contribution in [2.45, 2.75) is 37.5 Å². The summed E-state index contributed by atoms with van der Waals surface area (Å²) in [4.78, 5) is 57.4. The number of nitrogens with one attached hydrogen (secondary N) is 3. The van der Waals surface area contributed by atoms with Gasteiger partial charge in [0.25, 0.3) is 0 Å². The lowest BCUT2D eigenvalue weighted by molar-refractivity contribution is -0.144. The molecule has 148 valence electrons. The molecule has 13 heteroatoms. The first-order chi connectivity index (χ1) is 12.0. The molecule has 0 heterocycles. The highest BCUT2D eigenvalue weighted by Gasteiger charge is 2.30. The highest BCUT2D eigenvalue weighted by Crippen LogP contribution is 1.98. The summed E-state index contributed by atoms with van der Waals surface area (Å²) in [5, 5.41) is 32.8. The summed E-state index contributed by atoms with van der Waals surface area (Å²) in [6.45, 7) is 0.455. The summed E-state index contributed by atoms with van der Waals surface area (Å²) in [5.74, 6) is -5.85. The fraction of sp³-hybridized carbons (Fsp3) is 0.615. The quantitative estimate of drug-likeness (QED) is 0.162. The van der Waals surface area contributed by atoms with Crippen LogP contribution >= 0.6 is 12.6 Å². The van der Waals surface area contributed by atoms with Gasteiger partial charge in [0.05, 0.1) is 19.1 Å². The lowest BCUT2D eigenvalue weighted by Gasteiger charge is -2.23. The van der Waals surface area contributed by atoms with Gasteiger partial charge in [-0.3, -0.25) is 19.2 Å². The topological polar surface area (TPSA) is 208 Å². The van der Waals surface area contributed by atoms with Crippen molar-refractivity contribution < 1.29 is 39.3 Å². The van der Waals surface area contributed by atoms with Crippen LogP contribution in [0.1, 0.15) is 13.3 Å². The molecule has 0 radical (unpaired) electrons. The van der Waals surface area contributed by atoms with Crippen molar-refractivity contribution in [3.8, 4) is 0 Å². The molecular formula is C13H22N4O8S. The van der Waals surface area contributed by atoms with Crippen LogP contribution in [0.25, 0.3) is 0 Å². The number of thiol groups is 1. The molecular weight excluding hydrogens is 372 g/mol. The summed E-state index contributed by atoms with van der Waals surface area (Å²) in [6, 6.07) is -5.42. The van der Waals surface area contributed by atoms with Crippen LogP contribution < -0.4 is 21.7 Å². The fourth-order valence-electron chi connectivity index (χ4n) is 1.61. The molecule has 0 aromatic carbocycles. The number of amides is 3. The first-order valence-electron chi connectivity index (χ1n) is 7.36. The molecule has 0 saturated carbocycles. The van der Waals surface area contributed by atoms with Crippen molar-refractivity contribution in [2.75, 3.05) is 12.4 Å². The molecule has 3 amide bonds. The molecule has 8 N–H and O–H groups in total. The van der Waals surface area contributed by atoms with Crippen LogP contribution in [0.4, 0.5) is 0 Å². The van der Waals surface area contributed by atoms with Crippen LogP contribution in [0, 0.1) is 0 Å². The van der Waals surface area contributed by atoms with Crippen LogP contribution in [0.3, 0.4) is 0 Å². The number of hydrogen-bond acceptors (Lipinski definition) is 8. The lowest BCUT2D eigenvalue weighted by Crippen LogP contribution is -2.58. The highest BCUT2D eigenvalue weighted by atomic mass is 32.1. The Balaban J connectivity index is 5.09. The monoisotopic (exact) mass is 394 g/mol. The second kappa shape index (κ2) is 11.3. The Kier molecular flexibility index (Phi) is 10.2. The van der Waals surface area contributed by atoms with E-state index in [2.05, 4.69) is 23.3 Å². The third kappa shape index (κ3) is 8.13. The van der Waals surface area contributed by atoms with Crippen LogP contribution in [0.5, 0.6) is 0 Å². The number of aliphatic carboxylic acids is 2. The number of aliphatic hydroxyl groups is 1. The SMILES string of the molecule is CC(N)C(=O)NC(CC(=O)O)C(=O)NC(CS)C(=O)NC(CO)C(=O)O. The van der Waals surface area contributed by atoms with Gasteiger partial charge in [0.15, 0.2) is 0 Å². The van der Waals surface area contributed by atoms with Crippen LogP contribution in [-0.4, -0.2) is 81.5 Å². The summed E-state index contributed by atoms with van der Waals surface area (Å²) in [7, 11) is 0. The number of hydrogen-bond donors (Lipinski definition) is 8. The molecule has 0 aromatic rings. The Bertz CT molecular complexity index is 556. The zero-order valence-corrected chi connectivity index (χ0v) is 14.7. The molecule has 0 rings (SSSR count). The predicted octanol–water partition coefficient (Wildman–Crippen LogP) is -3.73. The van der Waals surface area contributed by atoms with E-state index in [1.807, 2.05) is 5.32 Å². The van der Waals surface area contributed by atoms with Crippen LogP contribution in [-0.2, 0) is 24.0 Å². The summed E-state index contributed by atoms with van der Waals surface area (Å²) >= 11 is 3.86. The maximum Gasteiger partial charge on any atom is 0.328 e. The number of aliphatic hydroxyl groups excluding tert-OH is 1. The Morgan fingerprint density at radius 1 is 0.923 bits per heavy atom. The minimum atomic E-state index is -1.59. The maximum atomic E-state index is 12.2. The summed E-state index contributed by atoms with van der Waals surface area (Å²) in [5.41, 5.74) is 5.34. The van der Waals surface area contributed by atoms with Crippen molar-refractivity contribution in [2.24, 2.45) is 5.73 Å². The molecule has 0 saturated heterocycles. The summed E-state index contributed by atoms with van der Waals surface area (Å²) in [6.07, 6.45) is -0.764. The number of carboxylic acid groups (broad SMARTS) is 2. The van der Waals surface area contributed by atoms with E-state index in [0.717, 1.165) is 0 Å². The number of carbonyl (C=O) groups excluding carboxylic acids is 3. The first kappa shape index (κ1) is 23.6. The molecule has 0 aliphatic rings. The molecule has 4 atom stereocenters. The van der Waals surface area contributed by atoms with Gasteiger partial charge in [-0.1, -0.05) is 0 Å². The molecule has 0 aliphatic heterocycles. The van der Waals surface area contributed by atoms with Crippen molar-refractivity contribution in [3.63, 3.8) is 0 Å². The molecule has 0 spiro atoms. The van der Waals surface area contributed by atoms with Gasteiger partial charge in [-0.2, -0.15) is 12.6 Å². The van der Waals surface area contributed by atoms with Crippen molar-refractivity contribution in [3.05, 3.63) is 0 Å². The lowest BCUT2D eigenvalue weighted by atomic mass is 10.1. The molecule has 26 heavy (non-hydrogen) atoms. The molecule has 4 unspecified atom stereocenters. The standard InChI is InChI=1S/C13H22N4O8S/c1-5(14)10(21)15-6(2-9(19)20)11(22)17-8(4-26)12(23)16-7(3-18)13(24)25/h5-8,18,26H,2-4,14H2,1H3,(H,15,21)(H,16,23)(H,17,22)(H,19,20)(H,24,25). The molecule has 0 bridgehead atoms. The van der Waals surface area contributed by atoms with Crippen molar-refractivity contribution in [1.29, 1.82) is 0 Å². The van der Waals surface area contributed by atoms with Gasteiger partial charge in [0, 0.05) is 5.75 Å². The number of rotatable bonds is 11. The number of carboxylic acids is 2. The first-order valence-corrected chi connectivity index (χ1v) is 7.99. The second-order valence-electron chi connectivity index (χ2n) is 5.27. The molecule has 12 nitrogen and oxygen atoms in total. The average molecular weight is 394 g/mol. The van der Waals surface area contributed by atoms with E-state index >= 15 is 0 Å². The third-order valence-electron chi connectivity index (χ3n) is 3.04. The van der Waals surface area contributed by atoms with Gasteiger partial charge in [-0.15, -0.1) is 0 Å². The predicted molar refractivity (Wildman–Crippen MR) is 90.3 cm³/mol. The second-order valence-corrected chi connectivity index (χ2v) is 5.64. The van der Waals surface area contributed by atoms with Gasteiger partial charge < -0.3 is 37.0 Å². The zero-order chi connectivity index (χ0) is 20.4. The van der Waals surface area contributed by atoms with E-state index in [4.69, 9.17) is 21.1 Å². The summed E-state index contributed by atoms with van der Waals surface area (Å²) < 4.78 is 0. The van der Waals surface area contributed by atoms with E-state index in [9.17, 15) is 24.0 Å². The minimum Gasteiger partial charge on any atom is -0.481 e. The maximum absolute atomic E-state index is 12.2. The van der Waals surface area contributed by atoms with Crippen molar-refractivity contribution in [1.82, 2.24) is 16.0 Å². The Morgan fingerprint density at radius 2 is 1.38 bits per heavy atom. The van der Waals surface area contributed by atoms with E-state index in [1.54, 1.807) is 0 Å². The van der Waals surface area contributed by atoms with E-state index in [0.29, 0.717) is 0 Å². The smallest absolute Gasteiger partial charge is 0.328 e. The Morgan fingerprint density at radius 3 is 1.77 bits per heavy atom. The average Bonchev–Trinajstić information content (AvgIpc) is 2.55. The van der Waals surface area contributed by atoms with Crippen LogP contribution in [0.2, 0.25) is 0 Å².